The van der Waals surface area contributed by atoms with Crippen LogP contribution in [0, 0.1) is 5.82 Å². The molecule has 1 amide bonds. The molecule has 6 nitrogen and oxygen atoms in total. The van der Waals surface area contributed by atoms with Crippen molar-refractivity contribution in [1.82, 2.24) is 10.3 Å². The van der Waals surface area contributed by atoms with Crippen LogP contribution in [0.5, 0.6) is 5.75 Å². The fourth-order valence-electron chi connectivity index (χ4n) is 2.40. The average Bonchev–Trinajstić information content (AvgIpc) is 2.72. The highest BCUT2D eigenvalue weighted by Crippen LogP contribution is 2.22. The zero-order chi connectivity index (χ0) is 20.0. The van der Waals surface area contributed by atoms with Crippen molar-refractivity contribution in [1.29, 1.82) is 0 Å². The number of amides is 1. The summed E-state index contributed by atoms with van der Waals surface area (Å²) in [6, 6.07) is 21.7. The summed E-state index contributed by atoms with van der Waals surface area (Å²) in [5.41, 5.74) is 4.03. The molecular formula is C20H17FN2O4S. The van der Waals surface area contributed by atoms with Gasteiger partial charge in [-0.05, 0) is 35.4 Å². The van der Waals surface area contributed by atoms with Crippen molar-refractivity contribution in [3.8, 4) is 16.9 Å². The minimum absolute atomic E-state index is 0.412. The maximum absolute atomic E-state index is 13.6. The number of hydrogen-bond acceptors (Lipinski definition) is 4. The number of ether oxygens (including phenoxy) is 1. The van der Waals surface area contributed by atoms with Crippen LogP contribution in [0.15, 0.2) is 83.8 Å². The number of rotatable bonds is 7. The van der Waals surface area contributed by atoms with Crippen LogP contribution in [0.25, 0.3) is 11.1 Å². The normalized spacial score (nSPS) is 11.0. The lowest BCUT2D eigenvalue weighted by Gasteiger charge is -2.10. The van der Waals surface area contributed by atoms with Crippen LogP contribution in [0.4, 0.5) is 4.39 Å². The molecule has 0 unspecified atom stereocenters. The SMILES string of the molecule is O=C(COc1ccc(-c2ccccc2)cc1)NNS(=O)(=O)c1ccccc1F. The number of hydrazine groups is 1. The molecule has 0 saturated heterocycles. The second-order valence-corrected chi connectivity index (χ2v) is 7.41. The van der Waals surface area contributed by atoms with Gasteiger partial charge in [-0.1, -0.05) is 54.6 Å². The molecule has 0 atom stereocenters. The molecule has 3 aromatic rings. The van der Waals surface area contributed by atoms with Crippen LogP contribution in [0.2, 0.25) is 0 Å². The number of carbonyl (C=O) groups is 1. The van der Waals surface area contributed by atoms with Crippen molar-refractivity contribution in [2.45, 2.75) is 4.90 Å². The number of hydrogen-bond donors (Lipinski definition) is 2. The van der Waals surface area contributed by atoms with E-state index in [1.807, 2.05) is 52.7 Å². The van der Waals surface area contributed by atoms with E-state index in [4.69, 9.17) is 4.74 Å². The first-order valence-corrected chi connectivity index (χ1v) is 9.77. The van der Waals surface area contributed by atoms with Gasteiger partial charge in [0.2, 0.25) is 0 Å². The maximum Gasteiger partial charge on any atom is 0.272 e. The molecule has 0 aliphatic heterocycles. The highest BCUT2D eigenvalue weighted by atomic mass is 32.2. The molecule has 3 aromatic carbocycles. The highest BCUT2D eigenvalue weighted by Gasteiger charge is 2.19. The van der Waals surface area contributed by atoms with Gasteiger partial charge < -0.3 is 4.74 Å². The average molecular weight is 400 g/mol. The van der Waals surface area contributed by atoms with Gasteiger partial charge in [-0.3, -0.25) is 10.2 Å². The number of sulfonamides is 1. The minimum Gasteiger partial charge on any atom is -0.484 e. The summed E-state index contributed by atoms with van der Waals surface area (Å²) in [5, 5.41) is 0. The fourth-order valence-corrected chi connectivity index (χ4v) is 3.34. The van der Waals surface area contributed by atoms with Crippen molar-refractivity contribution >= 4 is 15.9 Å². The fraction of sp³-hybridized carbons (Fsp3) is 0.0500. The monoisotopic (exact) mass is 400 g/mol. The van der Waals surface area contributed by atoms with E-state index in [1.165, 1.54) is 12.1 Å². The molecule has 28 heavy (non-hydrogen) atoms. The van der Waals surface area contributed by atoms with Crippen molar-refractivity contribution < 1.29 is 22.3 Å². The van der Waals surface area contributed by atoms with E-state index in [1.54, 1.807) is 12.1 Å². The Bertz CT molecular complexity index is 1060. The molecule has 8 heteroatoms. The predicted molar refractivity (Wildman–Crippen MR) is 102 cm³/mol. The van der Waals surface area contributed by atoms with Gasteiger partial charge in [-0.2, -0.15) is 0 Å². The van der Waals surface area contributed by atoms with Gasteiger partial charge in [0.05, 0.1) is 0 Å². The van der Waals surface area contributed by atoms with E-state index in [9.17, 15) is 17.6 Å². The third kappa shape index (κ3) is 4.93. The van der Waals surface area contributed by atoms with Gasteiger partial charge in [-0.25, -0.2) is 12.8 Å². The Morgan fingerprint density at radius 1 is 0.857 bits per heavy atom. The molecule has 0 fully saturated rings. The summed E-state index contributed by atoms with van der Waals surface area (Å²) in [7, 11) is -4.22. The quantitative estimate of drug-likeness (QED) is 0.598. The first kappa shape index (κ1) is 19.5. The van der Waals surface area contributed by atoms with E-state index in [0.29, 0.717) is 5.75 Å². The maximum atomic E-state index is 13.6. The van der Waals surface area contributed by atoms with E-state index in [0.717, 1.165) is 23.3 Å². The smallest absolute Gasteiger partial charge is 0.272 e. The Balaban J connectivity index is 1.53. The van der Waals surface area contributed by atoms with Gasteiger partial charge in [0.25, 0.3) is 15.9 Å². The third-order valence-corrected chi connectivity index (χ3v) is 5.06. The number of carbonyl (C=O) groups excluding carboxylic acids is 1. The molecule has 2 N–H and O–H groups in total. The first-order chi connectivity index (χ1) is 13.5. The summed E-state index contributed by atoms with van der Waals surface area (Å²) < 4.78 is 42.9. The Morgan fingerprint density at radius 3 is 2.14 bits per heavy atom. The molecule has 0 bridgehead atoms. The molecule has 0 radical (unpaired) electrons. The number of benzene rings is 3. The minimum atomic E-state index is -4.22. The van der Waals surface area contributed by atoms with E-state index < -0.39 is 33.3 Å². The second-order valence-electron chi connectivity index (χ2n) is 5.76. The standard InChI is InChI=1S/C20H17FN2O4S/c21-18-8-4-5-9-19(18)28(25,26)23-22-20(24)14-27-17-12-10-16(11-13-17)15-6-2-1-3-7-15/h1-13,23H,14H2,(H,22,24). The van der Waals surface area contributed by atoms with Crippen molar-refractivity contribution in [3.05, 3.63) is 84.7 Å². The summed E-state index contributed by atoms with van der Waals surface area (Å²) in [6.07, 6.45) is 0. The van der Waals surface area contributed by atoms with Crippen LogP contribution >= 0.6 is 0 Å². The molecule has 3 rings (SSSR count). The topological polar surface area (TPSA) is 84.5 Å². The first-order valence-electron chi connectivity index (χ1n) is 8.29. The number of nitrogens with one attached hydrogen (secondary N) is 2. The summed E-state index contributed by atoms with van der Waals surface area (Å²) in [4.78, 5) is 13.1. The van der Waals surface area contributed by atoms with Crippen molar-refractivity contribution in [2.75, 3.05) is 6.61 Å². The largest absolute Gasteiger partial charge is 0.484 e. The van der Waals surface area contributed by atoms with Crippen molar-refractivity contribution in [3.63, 3.8) is 0 Å². The Kier molecular flexibility index (Phi) is 6.03. The summed E-state index contributed by atoms with van der Waals surface area (Å²) in [6.45, 7) is -0.412. The van der Waals surface area contributed by atoms with Gasteiger partial charge in [0, 0.05) is 0 Å². The van der Waals surface area contributed by atoms with Crippen molar-refractivity contribution in [2.24, 2.45) is 0 Å². The van der Waals surface area contributed by atoms with Crippen LogP contribution in [0.1, 0.15) is 0 Å². The molecule has 0 aromatic heterocycles. The Hall–Kier alpha value is -3.23. The Morgan fingerprint density at radius 2 is 1.46 bits per heavy atom. The van der Waals surface area contributed by atoms with E-state index in [2.05, 4.69) is 0 Å². The third-order valence-electron chi connectivity index (χ3n) is 3.78. The molecule has 0 aliphatic rings. The lowest BCUT2D eigenvalue weighted by Crippen LogP contribution is -2.43. The van der Waals surface area contributed by atoms with E-state index >= 15 is 0 Å². The van der Waals surface area contributed by atoms with Crippen LogP contribution in [-0.4, -0.2) is 20.9 Å². The molecule has 0 aliphatic carbocycles. The number of halogens is 1. The van der Waals surface area contributed by atoms with Crippen LogP contribution in [0.3, 0.4) is 0 Å². The van der Waals surface area contributed by atoms with Crippen LogP contribution < -0.4 is 15.0 Å². The summed E-state index contributed by atoms with van der Waals surface area (Å²) >= 11 is 0. The molecule has 0 heterocycles. The van der Waals surface area contributed by atoms with E-state index in [-0.39, 0.29) is 0 Å². The molecule has 144 valence electrons. The van der Waals surface area contributed by atoms with Gasteiger partial charge >= 0.3 is 0 Å². The molecular weight excluding hydrogens is 383 g/mol. The van der Waals surface area contributed by atoms with Gasteiger partial charge in [0.15, 0.2) is 6.61 Å². The predicted octanol–water partition coefficient (Wildman–Crippen LogP) is 2.88. The Labute approximate surface area is 162 Å². The zero-order valence-corrected chi connectivity index (χ0v) is 15.4. The lowest BCUT2D eigenvalue weighted by atomic mass is 10.1. The molecule has 0 saturated carbocycles. The van der Waals surface area contributed by atoms with Crippen LogP contribution in [-0.2, 0) is 14.8 Å². The van der Waals surface area contributed by atoms with Gasteiger partial charge in [0.1, 0.15) is 16.5 Å². The lowest BCUT2D eigenvalue weighted by molar-refractivity contribution is -0.123. The second kappa shape index (κ2) is 8.64. The van der Waals surface area contributed by atoms with Gasteiger partial charge in [-0.15, -0.1) is 4.83 Å². The zero-order valence-electron chi connectivity index (χ0n) is 14.6. The summed E-state index contributed by atoms with van der Waals surface area (Å²) in [5.74, 6) is -1.20. The molecule has 0 spiro atoms. The highest BCUT2D eigenvalue weighted by molar-refractivity contribution is 7.89.